The Kier molecular flexibility index (Phi) is 5.03. The Hall–Kier alpha value is -2.38. The van der Waals surface area contributed by atoms with Gasteiger partial charge in [-0.1, -0.05) is 36.0 Å². The molecule has 2 fully saturated rings. The summed E-state index contributed by atoms with van der Waals surface area (Å²) in [4.78, 5) is 8.61. The normalized spacial score (nSPS) is 36.2. The van der Waals surface area contributed by atoms with Crippen LogP contribution in [0.5, 0.6) is 0 Å². The summed E-state index contributed by atoms with van der Waals surface area (Å²) >= 11 is 0.351. The third-order valence-electron chi connectivity index (χ3n) is 6.14. The van der Waals surface area contributed by atoms with Gasteiger partial charge in [0.25, 0.3) is 0 Å². The van der Waals surface area contributed by atoms with Gasteiger partial charge in [0.1, 0.15) is 18.0 Å². The molecule has 0 saturated heterocycles. The van der Waals surface area contributed by atoms with Crippen LogP contribution in [-0.4, -0.2) is 83.5 Å². The lowest BCUT2D eigenvalue weighted by Gasteiger charge is -2.17. The van der Waals surface area contributed by atoms with E-state index in [-0.39, 0.29) is 40.5 Å². The van der Waals surface area contributed by atoms with Gasteiger partial charge in [-0.15, -0.1) is 5.10 Å². The Morgan fingerprint density at radius 2 is 2.14 bits per heavy atom. The number of nitrogens with one attached hydrogen (secondary N) is 1. The van der Waals surface area contributed by atoms with E-state index in [2.05, 4.69) is 25.6 Å². The molecule has 194 valence electrons. The van der Waals surface area contributed by atoms with Gasteiger partial charge < -0.3 is 25.4 Å². The molecule has 0 unspecified atom stereocenters. The van der Waals surface area contributed by atoms with E-state index in [1.807, 2.05) is 0 Å². The van der Waals surface area contributed by atoms with Gasteiger partial charge in [0.2, 0.25) is 0 Å². The van der Waals surface area contributed by atoms with E-state index in [0.29, 0.717) is 17.3 Å². The van der Waals surface area contributed by atoms with Crippen LogP contribution in [0.3, 0.4) is 0 Å². The molecule has 6 atom stereocenters. The number of aryl methyl sites for hydroxylation is 1. The maximum Gasteiger partial charge on any atom is 0.191 e. The molecule has 0 bridgehead atoms. The largest absolute Gasteiger partial charge is 0.394 e. The highest BCUT2D eigenvalue weighted by molar-refractivity contribution is 7.99. The number of rotatable bonds is 10. The van der Waals surface area contributed by atoms with Gasteiger partial charge in [0.05, 0.1) is 29.4 Å². The van der Waals surface area contributed by atoms with Gasteiger partial charge in [-0.2, -0.15) is 0 Å². The molecular formula is C24H31FN6O4S. The Bertz CT molecular complexity index is 1580. The fraction of sp³-hybridized carbons (Fsp3) is 0.583. The van der Waals surface area contributed by atoms with Crippen LogP contribution in [0, 0.1) is 12.7 Å². The number of hydrogen-bond donors (Lipinski definition) is 4. The van der Waals surface area contributed by atoms with Crippen molar-refractivity contribution in [2.24, 2.45) is 0 Å². The van der Waals surface area contributed by atoms with Crippen LogP contribution in [0.4, 0.5) is 10.2 Å². The van der Waals surface area contributed by atoms with E-state index in [0.717, 1.165) is 11.6 Å². The molecule has 10 nitrogen and oxygen atoms in total. The van der Waals surface area contributed by atoms with Crippen molar-refractivity contribution in [2.75, 3.05) is 24.2 Å². The summed E-state index contributed by atoms with van der Waals surface area (Å²) in [5.41, 5.74) is -2.06. The number of hydrogen-bond acceptors (Lipinski definition) is 10. The highest BCUT2D eigenvalue weighted by atomic mass is 32.2. The van der Waals surface area contributed by atoms with E-state index in [4.69, 9.17) is 15.7 Å². The summed E-state index contributed by atoms with van der Waals surface area (Å²) < 4.78 is 86.1. The van der Waals surface area contributed by atoms with E-state index in [1.165, 1.54) is 12.1 Å². The van der Waals surface area contributed by atoms with Gasteiger partial charge in [0, 0.05) is 30.9 Å². The number of anilines is 1. The fourth-order valence-electron chi connectivity index (χ4n) is 4.19. The molecule has 36 heavy (non-hydrogen) atoms. The first-order valence-electron chi connectivity index (χ1n) is 15.2. The zero-order chi connectivity index (χ0) is 32.6. The molecular weight excluding hydrogens is 487 g/mol. The third kappa shape index (κ3) is 4.92. The minimum atomic E-state index is -2.54. The predicted octanol–water partition coefficient (Wildman–Crippen LogP) is 2.18. The van der Waals surface area contributed by atoms with E-state index < -0.39 is 67.3 Å². The number of thioether (sulfide) groups is 1. The van der Waals surface area contributed by atoms with Crippen LogP contribution < -0.4 is 5.32 Å². The molecule has 2 aromatic heterocycles. The van der Waals surface area contributed by atoms with Crippen LogP contribution in [-0.2, 0) is 4.74 Å². The number of aliphatic hydroxyl groups is 3. The Morgan fingerprint density at radius 1 is 1.31 bits per heavy atom. The molecule has 5 rings (SSSR count). The second-order valence-electron chi connectivity index (χ2n) is 8.48. The number of aliphatic hydroxyl groups excluding tert-OH is 3. The van der Waals surface area contributed by atoms with Crippen LogP contribution in [0.1, 0.15) is 60.2 Å². The number of ether oxygens (including phenoxy) is 1. The highest BCUT2D eigenvalue weighted by Crippen LogP contribution is 2.44. The monoisotopic (exact) mass is 526 g/mol. The quantitative estimate of drug-likeness (QED) is 0.230. The molecule has 3 aromatic rings. The molecule has 2 aliphatic carbocycles. The summed E-state index contributed by atoms with van der Waals surface area (Å²) in [6.07, 6.45) is -7.01. The predicted molar refractivity (Wildman–Crippen MR) is 133 cm³/mol. The smallest absolute Gasteiger partial charge is 0.191 e. The first-order chi connectivity index (χ1) is 20.2. The van der Waals surface area contributed by atoms with Crippen molar-refractivity contribution < 1.29 is 35.4 Å². The number of aromatic nitrogens is 5. The van der Waals surface area contributed by atoms with Crippen molar-refractivity contribution in [1.29, 1.82) is 0 Å². The first kappa shape index (κ1) is 17.2. The Labute approximate surface area is 223 Å². The molecule has 0 amide bonds. The second kappa shape index (κ2) is 10.5. The SMILES string of the molecule is [2H]C([2H])(CO)O[C@H]1C[C@@H](n2nnc3c(N[C@]4([2H])C[C@@]4([2H])c4ccc(C)c(F)c4)nc(SC([2H])([2H])C([2H])([2H])C)nc32)[C@H](O)[C@@H]1O. The van der Waals surface area contributed by atoms with Crippen LogP contribution in [0.2, 0.25) is 0 Å². The van der Waals surface area contributed by atoms with E-state index in [1.54, 1.807) is 13.0 Å². The van der Waals surface area contributed by atoms with Crippen LogP contribution in [0.15, 0.2) is 23.4 Å². The average Bonchev–Trinajstić information content (AvgIpc) is 3.15. The lowest BCUT2D eigenvalue weighted by Crippen LogP contribution is -2.33. The van der Waals surface area contributed by atoms with Crippen molar-refractivity contribution >= 4 is 28.7 Å². The minimum absolute atomic E-state index is 0.0536. The van der Waals surface area contributed by atoms with Gasteiger partial charge >= 0.3 is 0 Å². The molecule has 1 aromatic carbocycles. The van der Waals surface area contributed by atoms with E-state index >= 15 is 0 Å². The van der Waals surface area contributed by atoms with Crippen molar-refractivity contribution in [3.8, 4) is 0 Å². The van der Waals surface area contributed by atoms with Gasteiger partial charge in [-0.05, 0) is 36.9 Å². The van der Waals surface area contributed by atoms with E-state index in [9.17, 15) is 19.7 Å². The van der Waals surface area contributed by atoms with Gasteiger partial charge in [-0.25, -0.2) is 19.0 Å². The number of nitrogens with zero attached hydrogens (tertiary/aromatic N) is 5. The fourth-order valence-corrected chi connectivity index (χ4v) is 4.65. The Morgan fingerprint density at radius 3 is 2.89 bits per heavy atom. The molecule has 2 aliphatic rings. The van der Waals surface area contributed by atoms with Crippen molar-refractivity contribution in [1.82, 2.24) is 25.0 Å². The minimum Gasteiger partial charge on any atom is -0.394 e. The molecule has 2 saturated carbocycles. The highest BCUT2D eigenvalue weighted by Gasteiger charge is 2.45. The Balaban J connectivity index is 1.55. The maximum atomic E-state index is 14.3. The lowest BCUT2D eigenvalue weighted by atomic mass is 10.1. The summed E-state index contributed by atoms with van der Waals surface area (Å²) in [6.45, 7) is -0.887. The standard InChI is InChI=1S/C24H31FN6O4S/c1-3-8-36-24-27-22(26-16-10-14(16)13-5-4-12(2)15(25)9-13)19-23(28-24)31(30-29-19)17-11-18(35-7-6-32)21(34)20(17)33/h4-5,9,14,16-18,20-21,32-34H,3,6-8,10-11H2,1-2H3,(H,26,27,28)/t14-,16+,17+,18-,20-,21+/m0/s1/i3D2,7D2,8D2,14D,16D. The molecule has 2 heterocycles. The molecule has 0 radical (unpaired) electrons. The summed E-state index contributed by atoms with van der Waals surface area (Å²) in [5.74, 6) is -2.28. The zero-order valence-corrected chi connectivity index (χ0v) is 20.3. The van der Waals surface area contributed by atoms with Crippen molar-refractivity contribution in [2.45, 2.75) is 74.5 Å². The van der Waals surface area contributed by atoms with Crippen LogP contribution >= 0.6 is 11.8 Å². The summed E-state index contributed by atoms with van der Waals surface area (Å²) in [6, 6.07) is 1.43. The molecule has 12 heteroatoms. The first-order valence-corrected chi connectivity index (χ1v) is 12.1. The lowest BCUT2D eigenvalue weighted by molar-refractivity contribution is -0.0629. The summed E-state index contributed by atoms with van der Waals surface area (Å²) in [7, 11) is 0. The van der Waals surface area contributed by atoms with Crippen LogP contribution in [0.25, 0.3) is 11.2 Å². The van der Waals surface area contributed by atoms with Crippen molar-refractivity contribution in [3.63, 3.8) is 0 Å². The third-order valence-corrected chi connectivity index (χ3v) is 6.81. The topological polar surface area (TPSA) is 138 Å². The average molecular weight is 527 g/mol. The molecule has 4 N–H and O–H groups in total. The number of fused-ring (bicyclic) bond motifs is 1. The second-order valence-corrected chi connectivity index (χ2v) is 9.25. The maximum absolute atomic E-state index is 14.3. The number of benzene rings is 1. The molecule has 0 spiro atoms. The molecule has 0 aliphatic heterocycles. The van der Waals surface area contributed by atoms with Gasteiger partial charge in [-0.3, -0.25) is 0 Å². The zero-order valence-electron chi connectivity index (χ0n) is 27.4. The van der Waals surface area contributed by atoms with Gasteiger partial charge in [0.15, 0.2) is 22.1 Å². The van der Waals surface area contributed by atoms with Crippen molar-refractivity contribution in [3.05, 3.63) is 35.1 Å². The summed E-state index contributed by atoms with van der Waals surface area (Å²) in [5, 5.41) is 41.3. The number of halogens is 1.